The van der Waals surface area contributed by atoms with E-state index in [9.17, 15) is 0 Å². The van der Waals surface area contributed by atoms with Crippen LogP contribution in [0, 0.1) is 0 Å². The summed E-state index contributed by atoms with van der Waals surface area (Å²) in [4.78, 5) is 8.94. The fourth-order valence-corrected chi connectivity index (χ4v) is 2.05. The zero-order valence-corrected chi connectivity index (χ0v) is 8.56. The van der Waals surface area contributed by atoms with Crippen LogP contribution >= 0.6 is 0 Å². The van der Waals surface area contributed by atoms with Gasteiger partial charge in [-0.1, -0.05) is 6.07 Å². The van der Waals surface area contributed by atoms with Gasteiger partial charge < -0.3 is 4.57 Å². The molecule has 0 saturated heterocycles. The van der Waals surface area contributed by atoms with Gasteiger partial charge in [-0.15, -0.1) is 0 Å². The first-order valence-corrected chi connectivity index (χ1v) is 5.41. The van der Waals surface area contributed by atoms with Crippen molar-refractivity contribution in [2.75, 3.05) is 0 Å². The molecule has 3 nitrogen and oxygen atoms in total. The molecule has 2 aromatic rings. The number of fused-ring (bicyclic) bond motifs is 1. The Labute approximate surface area is 88.8 Å². The standard InChI is InChI=1S/C12H13N3/c1-3-7-13-10(5-1)11-9-15-8-4-2-6-12(15)14-11/h1,3,5,7,9H,2,4,6,8H2. The second-order valence-corrected chi connectivity index (χ2v) is 3.91. The average molecular weight is 199 g/mol. The molecule has 3 heterocycles. The fraction of sp³-hybridized carbons (Fsp3) is 0.333. The minimum absolute atomic E-state index is 0.972. The highest BCUT2D eigenvalue weighted by molar-refractivity contribution is 5.52. The first-order chi connectivity index (χ1) is 7.43. The quantitative estimate of drug-likeness (QED) is 0.705. The second-order valence-electron chi connectivity index (χ2n) is 3.91. The lowest BCUT2D eigenvalue weighted by Crippen LogP contribution is -2.08. The predicted octanol–water partition coefficient (Wildman–Crippen LogP) is 2.28. The summed E-state index contributed by atoms with van der Waals surface area (Å²) >= 11 is 0. The van der Waals surface area contributed by atoms with Crippen LogP contribution in [0.1, 0.15) is 18.7 Å². The maximum Gasteiger partial charge on any atom is 0.109 e. The SMILES string of the molecule is c1ccc(-c2cn3c(n2)CCCC3)nc1. The summed E-state index contributed by atoms with van der Waals surface area (Å²) < 4.78 is 2.26. The minimum atomic E-state index is 0.972. The van der Waals surface area contributed by atoms with E-state index < -0.39 is 0 Å². The number of aryl methyl sites for hydroxylation is 2. The Hall–Kier alpha value is -1.64. The summed E-state index contributed by atoms with van der Waals surface area (Å²) in [5, 5.41) is 0. The summed E-state index contributed by atoms with van der Waals surface area (Å²) in [6.45, 7) is 1.11. The van der Waals surface area contributed by atoms with Crippen LogP contribution in [0.5, 0.6) is 0 Å². The van der Waals surface area contributed by atoms with E-state index in [-0.39, 0.29) is 0 Å². The van der Waals surface area contributed by atoms with Crippen molar-refractivity contribution < 1.29 is 0 Å². The number of hydrogen-bond acceptors (Lipinski definition) is 2. The van der Waals surface area contributed by atoms with Crippen molar-refractivity contribution in [1.29, 1.82) is 0 Å². The van der Waals surface area contributed by atoms with E-state index in [2.05, 4.69) is 20.7 Å². The van der Waals surface area contributed by atoms with Crippen molar-refractivity contribution >= 4 is 0 Å². The van der Waals surface area contributed by atoms with Gasteiger partial charge >= 0.3 is 0 Å². The van der Waals surface area contributed by atoms with Crippen LogP contribution in [0.25, 0.3) is 11.4 Å². The van der Waals surface area contributed by atoms with E-state index in [1.165, 1.54) is 18.7 Å². The molecule has 0 aliphatic carbocycles. The number of rotatable bonds is 1. The van der Waals surface area contributed by atoms with Crippen LogP contribution in [0.3, 0.4) is 0 Å². The van der Waals surface area contributed by atoms with Crippen LogP contribution in [0.15, 0.2) is 30.6 Å². The van der Waals surface area contributed by atoms with Gasteiger partial charge in [0.05, 0.1) is 5.69 Å². The summed E-state index contributed by atoms with van der Waals surface area (Å²) in [7, 11) is 0. The Balaban J connectivity index is 2.03. The Morgan fingerprint density at radius 2 is 2.13 bits per heavy atom. The van der Waals surface area contributed by atoms with Crippen molar-refractivity contribution in [3.8, 4) is 11.4 Å². The lowest BCUT2D eigenvalue weighted by Gasteiger charge is -2.11. The van der Waals surface area contributed by atoms with E-state index in [1.54, 1.807) is 0 Å². The Bertz CT molecular complexity index is 435. The molecule has 0 N–H and O–H groups in total. The summed E-state index contributed by atoms with van der Waals surface area (Å²) in [6, 6.07) is 5.94. The van der Waals surface area contributed by atoms with Crippen molar-refractivity contribution in [3.05, 3.63) is 36.4 Å². The number of pyridine rings is 1. The molecule has 3 rings (SSSR count). The van der Waals surface area contributed by atoms with Gasteiger partial charge in [-0.2, -0.15) is 0 Å². The van der Waals surface area contributed by atoms with Gasteiger partial charge in [-0.05, 0) is 25.0 Å². The maximum atomic E-state index is 4.62. The molecule has 15 heavy (non-hydrogen) atoms. The summed E-state index contributed by atoms with van der Waals surface area (Å²) in [5.41, 5.74) is 1.98. The fourth-order valence-electron chi connectivity index (χ4n) is 2.05. The molecular weight excluding hydrogens is 186 g/mol. The van der Waals surface area contributed by atoms with Crippen molar-refractivity contribution in [3.63, 3.8) is 0 Å². The first-order valence-electron chi connectivity index (χ1n) is 5.41. The van der Waals surface area contributed by atoms with Crippen molar-refractivity contribution in [1.82, 2.24) is 14.5 Å². The normalized spacial score (nSPS) is 14.9. The highest BCUT2D eigenvalue weighted by Crippen LogP contribution is 2.20. The molecule has 0 aromatic carbocycles. The monoisotopic (exact) mass is 199 g/mol. The molecule has 0 fully saturated rings. The third kappa shape index (κ3) is 1.54. The minimum Gasteiger partial charge on any atom is -0.334 e. The molecule has 1 aliphatic rings. The molecule has 0 atom stereocenters. The highest BCUT2D eigenvalue weighted by atomic mass is 15.1. The number of nitrogens with zero attached hydrogens (tertiary/aromatic N) is 3. The highest BCUT2D eigenvalue weighted by Gasteiger charge is 2.13. The van der Waals surface area contributed by atoms with Gasteiger partial charge in [0, 0.05) is 25.4 Å². The Morgan fingerprint density at radius 3 is 2.93 bits per heavy atom. The molecule has 0 amide bonds. The van der Waals surface area contributed by atoms with Crippen LogP contribution < -0.4 is 0 Å². The molecule has 0 spiro atoms. The van der Waals surface area contributed by atoms with Gasteiger partial charge in [0.1, 0.15) is 11.5 Å². The largest absolute Gasteiger partial charge is 0.334 e. The zero-order valence-electron chi connectivity index (χ0n) is 8.56. The van der Waals surface area contributed by atoms with E-state index in [1.807, 2.05) is 24.4 Å². The van der Waals surface area contributed by atoms with Gasteiger partial charge in [-0.3, -0.25) is 4.98 Å². The molecule has 0 saturated carbocycles. The van der Waals surface area contributed by atoms with Crippen LogP contribution in [-0.2, 0) is 13.0 Å². The molecule has 3 heteroatoms. The molecule has 2 aromatic heterocycles. The summed E-state index contributed by atoms with van der Waals surface area (Å²) in [5.74, 6) is 1.21. The smallest absolute Gasteiger partial charge is 0.109 e. The molecule has 76 valence electrons. The average Bonchev–Trinajstić information content (AvgIpc) is 2.74. The molecule has 0 unspecified atom stereocenters. The Kier molecular flexibility index (Phi) is 2.02. The topological polar surface area (TPSA) is 30.7 Å². The summed E-state index contributed by atoms with van der Waals surface area (Å²) in [6.07, 6.45) is 7.57. The lowest BCUT2D eigenvalue weighted by molar-refractivity contribution is 0.522. The Morgan fingerprint density at radius 1 is 1.13 bits per heavy atom. The van der Waals surface area contributed by atoms with E-state index in [0.717, 1.165) is 24.4 Å². The van der Waals surface area contributed by atoms with Crippen molar-refractivity contribution in [2.45, 2.75) is 25.8 Å². The van der Waals surface area contributed by atoms with Crippen LogP contribution in [-0.4, -0.2) is 14.5 Å². The first kappa shape index (κ1) is 8.65. The predicted molar refractivity (Wildman–Crippen MR) is 58.4 cm³/mol. The zero-order chi connectivity index (χ0) is 10.1. The molecule has 0 bridgehead atoms. The number of hydrogen-bond donors (Lipinski definition) is 0. The van der Waals surface area contributed by atoms with E-state index in [4.69, 9.17) is 0 Å². The molecular formula is C12H13N3. The molecule has 1 aliphatic heterocycles. The van der Waals surface area contributed by atoms with Crippen LogP contribution in [0.2, 0.25) is 0 Å². The van der Waals surface area contributed by atoms with Gasteiger partial charge in [0.25, 0.3) is 0 Å². The van der Waals surface area contributed by atoms with Gasteiger partial charge in [0.15, 0.2) is 0 Å². The van der Waals surface area contributed by atoms with Gasteiger partial charge in [-0.25, -0.2) is 4.98 Å². The molecule has 0 radical (unpaired) electrons. The van der Waals surface area contributed by atoms with Gasteiger partial charge in [0.2, 0.25) is 0 Å². The van der Waals surface area contributed by atoms with E-state index >= 15 is 0 Å². The van der Waals surface area contributed by atoms with Crippen LogP contribution in [0.4, 0.5) is 0 Å². The number of imidazole rings is 1. The second kappa shape index (κ2) is 3.50. The third-order valence-corrected chi connectivity index (χ3v) is 2.84. The van der Waals surface area contributed by atoms with Crippen molar-refractivity contribution in [2.24, 2.45) is 0 Å². The maximum absolute atomic E-state index is 4.62. The third-order valence-electron chi connectivity index (χ3n) is 2.84. The van der Waals surface area contributed by atoms with E-state index in [0.29, 0.717) is 0 Å². The lowest BCUT2D eigenvalue weighted by atomic mass is 10.2. The number of aromatic nitrogens is 3.